The van der Waals surface area contributed by atoms with Crippen LogP contribution in [0.15, 0.2) is 23.5 Å². The minimum Gasteiger partial charge on any atom is -0.506 e. The molecule has 1 heterocycles. The second kappa shape index (κ2) is 10.5. The Morgan fingerprint density at radius 3 is 2.88 bits per heavy atom. The fourth-order valence-electron chi connectivity index (χ4n) is 5.96. The van der Waals surface area contributed by atoms with Crippen LogP contribution in [0.2, 0.25) is 5.02 Å². The molecular weight excluding hydrogens is 458 g/mol. The molecule has 1 saturated carbocycles. The summed E-state index contributed by atoms with van der Waals surface area (Å²) in [6.07, 6.45) is 8.20. The van der Waals surface area contributed by atoms with E-state index in [1.165, 1.54) is 16.9 Å². The van der Waals surface area contributed by atoms with Crippen LogP contribution in [0.25, 0.3) is 0 Å². The monoisotopic (exact) mass is 489 g/mol. The Labute approximate surface area is 204 Å². The molecule has 1 amide bonds. The van der Waals surface area contributed by atoms with Gasteiger partial charge in [0.25, 0.3) is 0 Å². The highest BCUT2D eigenvalue weighted by molar-refractivity contribution is 7.15. The Morgan fingerprint density at radius 2 is 2.15 bits per heavy atom. The van der Waals surface area contributed by atoms with Crippen molar-refractivity contribution in [2.24, 2.45) is 22.9 Å². The van der Waals surface area contributed by atoms with E-state index in [2.05, 4.69) is 22.4 Å². The van der Waals surface area contributed by atoms with Crippen LogP contribution in [-0.2, 0) is 11.2 Å². The van der Waals surface area contributed by atoms with Crippen molar-refractivity contribution in [3.63, 3.8) is 0 Å². The quantitative estimate of drug-likeness (QED) is 0.450. The van der Waals surface area contributed by atoms with Crippen LogP contribution in [-0.4, -0.2) is 22.0 Å². The third-order valence-electron chi connectivity index (χ3n) is 7.71. The fraction of sp³-hybridized carbons (Fsp3) is 0.600. The number of thiazole rings is 1. The number of nitrogens with one attached hydrogen (secondary N) is 1. The summed E-state index contributed by atoms with van der Waals surface area (Å²) in [6.45, 7) is 4.25. The number of hydrogen-bond donors (Lipinski definition) is 2. The van der Waals surface area contributed by atoms with Gasteiger partial charge in [-0.2, -0.15) is 4.91 Å². The lowest BCUT2D eigenvalue weighted by atomic mass is 9.65. The Kier molecular flexibility index (Phi) is 7.69. The summed E-state index contributed by atoms with van der Waals surface area (Å²) in [5, 5.41) is 17.6. The standard InChI is InChI=1S/C25H32ClN3O3S/c1-14-13-27-25(33-14)28-23(31)11-6-16-12-17(29-32)4-3-5-19-18(15(16)2)7-8-21-20(19)9-10-22(30)24(21)26/h9-10,13,15-19,30H,3-8,11-12H2,1-2H3,(H,27,28,31). The summed E-state index contributed by atoms with van der Waals surface area (Å²) < 4.78 is 0. The summed E-state index contributed by atoms with van der Waals surface area (Å²) in [6, 6.07) is 3.54. The number of halogens is 1. The molecule has 8 heteroatoms. The highest BCUT2D eigenvalue weighted by atomic mass is 35.5. The van der Waals surface area contributed by atoms with Crippen LogP contribution < -0.4 is 5.32 Å². The summed E-state index contributed by atoms with van der Waals surface area (Å²) in [7, 11) is 0. The van der Waals surface area contributed by atoms with Gasteiger partial charge in [-0.15, -0.1) is 11.3 Å². The van der Waals surface area contributed by atoms with Gasteiger partial charge in [0.15, 0.2) is 5.13 Å². The van der Waals surface area contributed by atoms with Crippen LogP contribution in [0.4, 0.5) is 5.13 Å². The topological polar surface area (TPSA) is 91.7 Å². The SMILES string of the molecule is Cc1cnc(NC(=O)CCC2CC(N=O)CCCC3c4ccc(O)c(Cl)c4CCC3C2C)s1. The van der Waals surface area contributed by atoms with E-state index >= 15 is 0 Å². The van der Waals surface area contributed by atoms with Gasteiger partial charge in [0, 0.05) is 17.5 Å². The zero-order valence-corrected chi connectivity index (χ0v) is 20.8. The lowest BCUT2D eigenvalue weighted by molar-refractivity contribution is -0.116. The molecule has 1 aromatic carbocycles. The normalized spacial score (nSPS) is 27.4. The molecule has 0 radical (unpaired) electrons. The van der Waals surface area contributed by atoms with Crippen LogP contribution >= 0.6 is 22.9 Å². The van der Waals surface area contributed by atoms with E-state index in [1.54, 1.807) is 12.3 Å². The van der Waals surface area contributed by atoms with Crippen molar-refractivity contribution in [1.29, 1.82) is 0 Å². The fourth-order valence-corrected chi connectivity index (χ4v) is 6.91. The predicted molar refractivity (Wildman–Crippen MR) is 133 cm³/mol. The number of nitroso groups, excluding NO2 is 1. The summed E-state index contributed by atoms with van der Waals surface area (Å²) in [4.78, 5) is 29.5. The number of aromatic nitrogens is 1. The van der Waals surface area contributed by atoms with E-state index in [-0.39, 0.29) is 23.6 Å². The molecule has 5 unspecified atom stereocenters. The van der Waals surface area contributed by atoms with E-state index in [0.29, 0.717) is 34.3 Å². The number of anilines is 1. The van der Waals surface area contributed by atoms with Crippen LogP contribution in [0, 0.1) is 29.6 Å². The number of phenols is 1. The predicted octanol–water partition coefficient (Wildman–Crippen LogP) is 6.84. The minimum absolute atomic E-state index is 0.0279. The average molecular weight is 490 g/mol. The number of carbonyl (C=O) groups excluding carboxylic acids is 1. The van der Waals surface area contributed by atoms with Gasteiger partial charge in [-0.05, 0) is 86.3 Å². The smallest absolute Gasteiger partial charge is 0.226 e. The number of amides is 1. The molecule has 0 saturated heterocycles. The molecule has 0 bridgehead atoms. The van der Waals surface area contributed by atoms with Gasteiger partial charge in [0.1, 0.15) is 5.75 Å². The number of rotatable bonds is 5. The summed E-state index contributed by atoms with van der Waals surface area (Å²) >= 11 is 7.93. The van der Waals surface area contributed by atoms with Crippen molar-refractivity contribution in [3.8, 4) is 5.75 Å². The Hall–Kier alpha value is -1.99. The summed E-state index contributed by atoms with van der Waals surface area (Å²) in [5.74, 6) is 1.53. The van der Waals surface area contributed by atoms with E-state index in [9.17, 15) is 14.8 Å². The lowest BCUT2D eigenvalue weighted by Crippen LogP contribution is -2.31. The zero-order chi connectivity index (χ0) is 23.5. The maximum atomic E-state index is 12.6. The van der Waals surface area contributed by atoms with Crippen molar-refractivity contribution in [2.45, 2.75) is 77.2 Å². The molecule has 0 aliphatic heterocycles. The van der Waals surface area contributed by atoms with Crippen LogP contribution in [0.5, 0.6) is 5.75 Å². The molecule has 178 valence electrons. The molecule has 2 N–H and O–H groups in total. The number of phenolic OH excluding ortho intramolecular Hbond substituents is 1. The zero-order valence-electron chi connectivity index (χ0n) is 19.2. The first-order valence-electron chi connectivity index (χ1n) is 11.9. The maximum Gasteiger partial charge on any atom is 0.226 e. The molecular formula is C25H32ClN3O3S. The van der Waals surface area contributed by atoms with E-state index in [1.807, 2.05) is 13.0 Å². The van der Waals surface area contributed by atoms with Crippen molar-refractivity contribution in [3.05, 3.63) is 44.3 Å². The number of nitrogens with zero attached hydrogens (tertiary/aromatic N) is 2. The number of aryl methyl sites for hydroxylation is 1. The van der Waals surface area contributed by atoms with Gasteiger partial charge < -0.3 is 10.4 Å². The van der Waals surface area contributed by atoms with Crippen molar-refractivity contribution in [2.75, 3.05) is 5.32 Å². The summed E-state index contributed by atoms with van der Waals surface area (Å²) in [5.41, 5.74) is 2.32. The molecule has 2 aromatic rings. The highest BCUT2D eigenvalue weighted by Crippen LogP contribution is 2.50. The molecule has 33 heavy (non-hydrogen) atoms. The van der Waals surface area contributed by atoms with Crippen LogP contribution in [0.3, 0.4) is 0 Å². The molecule has 6 nitrogen and oxygen atoms in total. The third kappa shape index (κ3) is 5.40. The first-order valence-corrected chi connectivity index (χ1v) is 13.1. The van der Waals surface area contributed by atoms with Gasteiger partial charge >= 0.3 is 0 Å². The average Bonchev–Trinajstić information content (AvgIpc) is 3.23. The minimum atomic E-state index is -0.204. The molecule has 0 spiro atoms. The number of carbonyl (C=O) groups is 1. The van der Waals surface area contributed by atoms with Gasteiger partial charge in [-0.1, -0.05) is 36.2 Å². The van der Waals surface area contributed by atoms with E-state index in [4.69, 9.17) is 11.6 Å². The van der Waals surface area contributed by atoms with Gasteiger partial charge in [0.2, 0.25) is 5.91 Å². The lowest BCUT2D eigenvalue weighted by Gasteiger charge is -2.40. The molecule has 1 fully saturated rings. The Balaban J connectivity index is 1.52. The van der Waals surface area contributed by atoms with Crippen molar-refractivity contribution < 1.29 is 9.90 Å². The number of hydrogen-bond acceptors (Lipinski definition) is 6. The first kappa shape index (κ1) is 24.1. The Morgan fingerprint density at radius 1 is 1.33 bits per heavy atom. The van der Waals surface area contributed by atoms with Crippen LogP contribution in [0.1, 0.15) is 73.8 Å². The molecule has 4 rings (SSSR count). The molecule has 1 aromatic heterocycles. The number of benzene rings is 1. The van der Waals surface area contributed by atoms with E-state index in [0.717, 1.165) is 55.4 Å². The largest absolute Gasteiger partial charge is 0.506 e. The van der Waals surface area contributed by atoms with E-state index < -0.39 is 0 Å². The third-order valence-corrected chi connectivity index (χ3v) is 8.96. The molecule has 2 aliphatic carbocycles. The van der Waals surface area contributed by atoms with Gasteiger partial charge in [0.05, 0.1) is 11.1 Å². The van der Waals surface area contributed by atoms with Gasteiger partial charge in [-0.3, -0.25) is 4.79 Å². The number of aromatic hydroxyl groups is 1. The molecule has 2 aliphatic rings. The highest BCUT2D eigenvalue weighted by Gasteiger charge is 2.39. The Bertz CT molecular complexity index is 1010. The maximum absolute atomic E-state index is 12.6. The van der Waals surface area contributed by atoms with Crippen molar-refractivity contribution in [1.82, 2.24) is 4.98 Å². The molecule has 5 atom stereocenters. The second-order valence-corrected chi connectivity index (χ2v) is 11.3. The van der Waals surface area contributed by atoms with Gasteiger partial charge in [-0.25, -0.2) is 4.98 Å². The first-order chi connectivity index (χ1) is 15.9. The van der Waals surface area contributed by atoms with Crippen molar-refractivity contribution >= 4 is 34.0 Å². The number of fused-ring (bicyclic) bond motifs is 3. The second-order valence-electron chi connectivity index (χ2n) is 9.68.